The lowest BCUT2D eigenvalue weighted by Crippen LogP contribution is -2.71. The fraction of sp³-hybridized carbons (Fsp3) is 0.361. The first kappa shape index (κ1) is 34.6. The Labute approximate surface area is 282 Å². The molecule has 3 aromatic rings. The number of allylic oxidation sites excluding steroid dienone is 2. The van der Waals surface area contributed by atoms with Crippen LogP contribution in [0.3, 0.4) is 0 Å². The first-order chi connectivity index (χ1) is 22.6. The Morgan fingerprint density at radius 3 is 1.72 bits per heavy atom. The summed E-state index contributed by atoms with van der Waals surface area (Å²) in [6, 6.07) is 25.2. The van der Waals surface area contributed by atoms with E-state index in [1.807, 2.05) is 32.9 Å². The second-order valence-corrected chi connectivity index (χ2v) is 15.4. The van der Waals surface area contributed by atoms with Crippen LogP contribution in [0, 0.1) is 0 Å². The highest BCUT2D eigenvalue weighted by Crippen LogP contribution is 2.44. The summed E-state index contributed by atoms with van der Waals surface area (Å²) in [5.41, 5.74) is 0.794. The second kappa shape index (κ2) is 15.4. The molecule has 9 nitrogen and oxygen atoms in total. The van der Waals surface area contributed by atoms with E-state index in [1.54, 1.807) is 91.0 Å². The summed E-state index contributed by atoms with van der Waals surface area (Å²) in [5, 5.41) is -1.66. The van der Waals surface area contributed by atoms with Gasteiger partial charge in [-0.15, -0.1) is 11.8 Å². The van der Waals surface area contributed by atoms with Crippen molar-refractivity contribution in [3.05, 3.63) is 120 Å². The van der Waals surface area contributed by atoms with E-state index in [1.165, 1.54) is 11.8 Å². The van der Waals surface area contributed by atoms with Crippen LogP contribution in [0.15, 0.2) is 103 Å². The molecular formula is C36H39NO8S2. The maximum absolute atomic E-state index is 13.8. The van der Waals surface area contributed by atoms with Gasteiger partial charge in [-0.25, -0.2) is 18.6 Å². The molecule has 0 amide bonds. The molecule has 2 heterocycles. The van der Waals surface area contributed by atoms with Gasteiger partial charge in [-0.2, -0.15) is 4.72 Å². The molecule has 1 fully saturated rings. The van der Waals surface area contributed by atoms with E-state index >= 15 is 0 Å². The molecule has 0 spiro atoms. The number of hydrogen-bond acceptors (Lipinski definition) is 9. The van der Waals surface area contributed by atoms with Gasteiger partial charge >= 0.3 is 17.9 Å². The smallest absolute Gasteiger partial charge is 0.338 e. The van der Waals surface area contributed by atoms with Gasteiger partial charge in [0.25, 0.3) is 0 Å². The molecule has 5 unspecified atom stereocenters. The van der Waals surface area contributed by atoms with Gasteiger partial charge in [-0.05, 0) is 76.4 Å². The van der Waals surface area contributed by atoms with E-state index in [0.29, 0.717) is 25.0 Å². The first-order valence-corrected chi connectivity index (χ1v) is 17.7. The van der Waals surface area contributed by atoms with Crippen LogP contribution in [-0.4, -0.2) is 62.1 Å². The highest BCUT2D eigenvalue weighted by Gasteiger charge is 2.61. The number of nitrogens with one attached hydrogen (secondary N) is 1. The van der Waals surface area contributed by atoms with Crippen LogP contribution in [0.4, 0.5) is 0 Å². The van der Waals surface area contributed by atoms with Gasteiger partial charge in [0, 0.05) is 5.75 Å². The van der Waals surface area contributed by atoms with Crippen LogP contribution in [-0.2, 0) is 29.9 Å². The summed E-state index contributed by atoms with van der Waals surface area (Å²) >= 11 is 1.27. The van der Waals surface area contributed by atoms with E-state index in [4.69, 9.17) is 18.9 Å². The van der Waals surface area contributed by atoms with Crippen LogP contribution in [0.1, 0.15) is 71.1 Å². The standard InChI is InChI=1S/C36H39NO8S2/c1-35(2,3)47(41)37-36-31(44-34(40)27-21-13-8-14-22-27)30(43-33(39)26-19-11-7-12-20-26)29(42-32(38)25-17-9-6-10-18-25)28(45-36)23-15-4-5-16-24-46-36/h4-14,17-22,28-31,37H,15-16,23-24H2,1-3H3/b5-4-/t28?,29?,30?,31?,36?,47-/m1/s1. The molecule has 248 valence electrons. The van der Waals surface area contributed by atoms with E-state index in [0.717, 1.165) is 0 Å². The van der Waals surface area contributed by atoms with Gasteiger partial charge in [0.2, 0.25) is 5.06 Å². The predicted molar refractivity (Wildman–Crippen MR) is 181 cm³/mol. The molecule has 2 aliphatic heterocycles. The molecule has 6 atom stereocenters. The minimum atomic E-state index is -1.73. The van der Waals surface area contributed by atoms with Crippen LogP contribution in [0.5, 0.6) is 0 Å². The van der Waals surface area contributed by atoms with Crippen LogP contribution in [0.2, 0.25) is 0 Å². The predicted octanol–water partition coefficient (Wildman–Crippen LogP) is 6.24. The monoisotopic (exact) mass is 677 g/mol. The Bertz CT molecular complexity index is 1580. The zero-order valence-corrected chi connectivity index (χ0v) is 28.2. The lowest BCUT2D eigenvalue weighted by atomic mass is 9.93. The third kappa shape index (κ3) is 8.58. The number of carbonyl (C=O) groups is 3. The Morgan fingerprint density at radius 2 is 1.21 bits per heavy atom. The van der Waals surface area contributed by atoms with Crippen molar-refractivity contribution < 1.29 is 37.5 Å². The van der Waals surface area contributed by atoms with Crippen molar-refractivity contribution in [2.45, 2.75) is 74.3 Å². The largest absolute Gasteiger partial charge is 0.452 e. The number of fused-ring (bicyclic) bond motifs is 2. The van der Waals surface area contributed by atoms with Gasteiger partial charge < -0.3 is 18.9 Å². The Hall–Kier alpha value is -3.77. The summed E-state index contributed by atoms with van der Waals surface area (Å²) in [5.74, 6) is -1.59. The number of ether oxygens (including phenoxy) is 4. The van der Waals surface area contributed by atoms with E-state index in [-0.39, 0.29) is 16.7 Å². The summed E-state index contributed by atoms with van der Waals surface area (Å²) in [4.78, 5) is 41.1. The van der Waals surface area contributed by atoms with Gasteiger partial charge in [-0.3, -0.25) is 0 Å². The molecule has 5 rings (SSSR count). The average Bonchev–Trinajstić information content (AvgIpc) is 3.08. The number of carbonyl (C=O) groups excluding carboxylic acids is 3. The maximum atomic E-state index is 13.8. The SMILES string of the molecule is CC(C)(C)[S@@](=O)NC12OC(CC/C=C\CCS1)C(OC(=O)c1ccccc1)C(OC(=O)c1ccccc1)C2OC(=O)c1ccccc1. The molecule has 0 radical (unpaired) electrons. The fourth-order valence-corrected chi connectivity index (χ4v) is 7.46. The summed E-state index contributed by atoms with van der Waals surface area (Å²) in [6.45, 7) is 5.43. The van der Waals surface area contributed by atoms with Gasteiger partial charge in [0.15, 0.2) is 18.3 Å². The highest BCUT2D eigenvalue weighted by atomic mass is 32.2. The van der Waals surface area contributed by atoms with E-state index < -0.39 is 63.1 Å². The summed E-state index contributed by atoms with van der Waals surface area (Å²) in [6.07, 6.45) is 0.859. The van der Waals surface area contributed by atoms with Gasteiger partial charge in [-0.1, -0.05) is 66.7 Å². The van der Waals surface area contributed by atoms with Crippen LogP contribution in [0.25, 0.3) is 0 Å². The molecule has 2 aliphatic rings. The van der Waals surface area contributed by atoms with Crippen LogP contribution >= 0.6 is 11.8 Å². The number of hydrogen-bond donors (Lipinski definition) is 1. The molecule has 0 aliphatic carbocycles. The molecule has 2 bridgehead atoms. The lowest BCUT2D eigenvalue weighted by molar-refractivity contribution is -0.238. The van der Waals surface area contributed by atoms with Crippen molar-refractivity contribution in [1.82, 2.24) is 4.72 Å². The average molecular weight is 678 g/mol. The second-order valence-electron chi connectivity index (χ2n) is 12.2. The van der Waals surface area contributed by atoms with Crippen molar-refractivity contribution in [2.75, 3.05) is 5.75 Å². The zero-order chi connectivity index (χ0) is 33.4. The van der Waals surface area contributed by atoms with Crippen molar-refractivity contribution in [2.24, 2.45) is 0 Å². The molecule has 11 heteroatoms. The van der Waals surface area contributed by atoms with Crippen LogP contribution < -0.4 is 4.72 Å². The van der Waals surface area contributed by atoms with Gasteiger partial charge in [0.05, 0.1) is 21.4 Å². The number of thioether (sulfide) groups is 1. The topological polar surface area (TPSA) is 117 Å². The molecular weight excluding hydrogens is 639 g/mol. The van der Waals surface area contributed by atoms with Crippen molar-refractivity contribution in [3.8, 4) is 0 Å². The summed E-state index contributed by atoms with van der Waals surface area (Å²) < 4.78 is 41.7. The Kier molecular flexibility index (Phi) is 11.3. The Morgan fingerprint density at radius 1 is 0.745 bits per heavy atom. The van der Waals surface area contributed by atoms with E-state index in [2.05, 4.69) is 4.72 Å². The highest BCUT2D eigenvalue weighted by molar-refractivity contribution is 8.01. The van der Waals surface area contributed by atoms with Crippen molar-refractivity contribution in [1.29, 1.82) is 0 Å². The minimum Gasteiger partial charge on any atom is -0.452 e. The number of esters is 3. The van der Waals surface area contributed by atoms with E-state index in [9.17, 15) is 18.6 Å². The molecule has 1 N–H and O–H groups in total. The molecule has 47 heavy (non-hydrogen) atoms. The lowest BCUT2D eigenvalue weighted by Gasteiger charge is -2.51. The van der Waals surface area contributed by atoms with Crippen molar-refractivity contribution in [3.63, 3.8) is 0 Å². The normalized spacial score (nSPS) is 25.9. The molecule has 3 aromatic carbocycles. The number of benzene rings is 3. The third-order valence-electron chi connectivity index (χ3n) is 7.62. The van der Waals surface area contributed by atoms with Gasteiger partial charge in [0.1, 0.15) is 17.1 Å². The molecule has 0 aromatic heterocycles. The Balaban J connectivity index is 1.66. The zero-order valence-electron chi connectivity index (χ0n) is 26.5. The molecule has 1 saturated heterocycles. The number of rotatable bonds is 8. The third-order valence-corrected chi connectivity index (χ3v) is 10.6. The quantitative estimate of drug-likeness (QED) is 0.168. The maximum Gasteiger partial charge on any atom is 0.338 e. The fourth-order valence-electron chi connectivity index (χ4n) is 5.17. The first-order valence-electron chi connectivity index (χ1n) is 15.5. The van der Waals surface area contributed by atoms with Crippen molar-refractivity contribution >= 4 is 40.7 Å². The summed E-state index contributed by atoms with van der Waals surface area (Å²) in [7, 11) is -1.73. The minimum absolute atomic E-state index is 0.250. The molecule has 0 saturated carbocycles.